The van der Waals surface area contributed by atoms with E-state index >= 15 is 0 Å². The average Bonchev–Trinajstić information content (AvgIpc) is 2.93. The molecule has 0 aromatic heterocycles. The van der Waals surface area contributed by atoms with E-state index in [1.807, 2.05) is 45.0 Å². The number of thioether (sulfide) groups is 1. The molecule has 1 unspecified atom stereocenters. The molecule has 2 N–H and O–H groups in total. The van der Waals surface area contributed by atoms with Crippen molar-refractivity contribution in [1.82, 2.24) is 5.32 Å². The maximum absolute atomic E-state index is 12.3. The molecule has 140 valence electrons. The lowest BCUT2D eigenvalue weighted by atomic mass is 10.1. The minimum absolute atomic E-state index is 0.0639. The van der Waals surface area contributed by atoms with Crippen LogP contribution in [0.15, 0.2) is 41.4 Å². The van der Waals surface area contributed by atoms with Crippen molar-refractivity contribution in [2.24, 2.45) is 4.99 Å². The highest BCUT2D eigenvalue weighted by molar-refractivity contribution is 8.15. The van der Waals surface area contributed by atoms with Crippen LogP contribution in [0.1, 0.15) is 23.1 Å². The van der Waals surface area contributed by atoms with E-state index in [2.05, 4.69) is 15.6 Å². The van der Waals surface area contributed by atoms with Crippen LogP contribution in [-0.4, -0.2) is 22.2 Å². The summed E-state index contributed by atoms with van der Waals surface area (Å²) in [7, 11) is 0. The molecule has 1 fully saturated rings. The number of hydrogen-bond acceptors (Lipinski definition) is 4. The summed E-state index contributed by atoms with van der Waals surface area (Å²) < 4.78 is 0. The van der Waals surface area contributed by atoms with Crippen molar-refractivity contribution >= 4 is 51.7 Å². The van der Waals surface area contributed by atoms with Crippen molar-refractivity contribution in [3.63, 3.8) is 0 Å². The predicted molar refractivity (Wildman–Crippen MR) is 112 cm³/mol. The quantitative estimate of drug-likeness (QED) is 0.791. The van der Waals surface area contributed by atoms with Crippen molar-refractivity contribution in [3.05, 3.63) is 58.1 Å². The fraction of sp³-hybridized carbons (Fsp3) is 0.250. The standard InChI is InChI=1S/C20H20ClN3O2S/c1-11-5-7-15(8-13(11)3)22-20-24-19(26)17(27-20)10-18(25)23-16-9-14(21)6-4-12(16)2/h4-9,17H,10H2,1-3H3,(H,23,25)(H,22,24,26). The van der Waals surface area contributed by atoms with Crippen LogP contribution < -0.4 is 10.6 Å². The molecule has 1 heterocycles. The number of rotatable bonds is 4. The van der Waals surface area contributed by atoms with Gasteiger partial charge in [-0.15, -0.1) is 0 Å². The van der Waals surface area contributed by atoms with Gasteiger partial charge in [0.25, 0.3) is 0 Å². The SMILES string of the molecule is Cc1ccc(N=C2NC(=O)C(CC(=O)Nc3cc(Cl)ccc3C)S2)cc1C. The zero-order chi connectivity index (χ0) is 19.6. The van der Waals surface area contributed by atoms with E-state index < -0.39 is 5.25 Å². The maximum atomic E-state index is 12.3. The number of carbonyl (C=O) groups is 2. The molecule has 1 atom stereocenters. The molecule has 2 aromatic rings. The third kappa shape index (κ3) is 4.90. The second kappa shape index (κ2) is 8.15. The number of nitrogens with zero attached hydrogens (tertiary/aromatic N) is 1. The largest absolute Gasteiger partial charge is 0.326 e. The van der Waals surface area contributed by atoms with E-state index in [0.717, 1.165) is 16.8 Å². The molecular weight excluding hydrogens is 382 g/mol. The van der Waals surface area contributed by atoms with Gasteiger partial charge in [0.15, 0.2) is 5.17 Å². The first kappa shape index (κ1) is 19.5. The molecule has 0 saturated carbocycles. The molecule has 1 aliphatic heterocycles. The van der Waals surface area contributed by atoms with Crippen LogP contribution >= 0.6 is 23.4 Å². The van der Waals surface area contributed by atoms with Crippen LogP contribution in [0, 0.1) is 20.8 Å². The highest BCUT2D eigenvalue weighted by atomic mass is 35.5. The van der Waals surface area contributed by atoms with E-state index in [1.165, 1.54) is 17.3 Å². The summed E-state index contributed by atoms with van der Waals surface area (Å²) in [5.41, 5.74) is 4.67. The predicted octanol–water partition coefficient (Wildman–Crippen LogP) is 4.51. The Balaban J connectivity index is 1.65. The summed E-state index contributed by atoms with van der Waals surface area (Å²) in [6, 6.07) is 11.2. The number of benzene rings is 2. The normalized spacial score (nSPS) is 17.9. The van der Waals surface area contributed by atoms with Crippen LogP contribution in [0.2, 0.25) is 5.02 Å². The second-order valence-electron chi connectivity index (χ2n) is 6.49. The van der Waals surface area contributed by atoms with Gasteiger partial charge < -0.3 is 10.6 Å². The molecule has 0 bridgehead atoms. The lowest BCUT2D eigenvalue weighted by Gasteiger charge is -2.10. The maximum Gasteiger partial charge on any atom is 0.240 e. The number of amides is 2. The Morgan fingerprint density at radius 3 is 2.63 bits per heavy atom. The Hall–Kier alpha value is -2.31. The molecule has 0 radical (unpaired) electrons. The highest BCUT2D eigenvalue weighted by Crippen LogP contribution is 2.27. The summed E-state index contributed by atoms with van der Waals surface area (Å²) >= 11 is 7.25. The molecule has 1 saturated heterocycles. The lowest BCUT2D eigenvalue weighted by Crippen LogP contribution is -2.28. The zero-order valence-corrected chi connectivity index (χ0v) is 16.9. The van der Waals surface area contributed by atoms with E-state index in [0.29, 0.717) is 15.9 Å². The Labute approximate surface area is 167 Å². The highest BCUT2D eigenvalue weighted by Gasteiger charge is 2.32. The fourth-order valence-electron chi connectivity index (χ4n) is 2.60. The van der Waals surface area contributed by atoms with Crippen molar-refractivity contribution in [2.75, 3.05) is 5.32 Å². The minimum atomic E-state index is -0.505. The zero-order valence-electron chi connectivity index (χ0n) is 15.3. The van der Waals surface area contributed by atoms with Crippen molar-refractivity contribution in [2.45, 2.75) is 32.4 Å². The lowest BCUT2D eigenvalue weighted by molar-refractivity contribution is -0.122. The molecular formula is C20H20ClN3O2S. The van der Waals surface area contributed by atoms with E-state index in [9.17, 15) is 9.59 Å². The number of nitrogens with one attached hydrogen (secondary N) is 2. The van der Waals surface area contributed by atoms with Gasteiger partial charge in [0, 0.05) is 17.1 Å². The molecule has 1 aliphatic rings. The Morgan fingerprint density at radius 2 is 1.89 bits per heavy atom. The third-order valence-corrected chi connectivity index (χ3v) is 5.66. The molecule has 2 aromatic carbocycles. The van der Waals surface area contributed by atoms with Gasteiger partial charge in [-0.2, -0.15) is 0 Å². The number of anilines is 1. The number of aryl methyl sites for hydroxylation is 3. The Kier molecular flexibility index (Phi) is 5.87. The second-order valence-corrected chi connectivity index (χ2v) is 8.12. The molecule has 0 spiro atoms. The first-order valence-corrected chi connectivity index (χ1v) is 9.77. The van der Waals surface area contributed by atoms with E-state index in [1.54, 1.807) is 12.1 Å². The van der Waals surface area contributed by atoms with Crippen LogP contribution in [0.5, 0.6) is 0 Å². The van der Waals surface area contributed by atoms with Crippen molar-refractivity contribution in [3.8, 4) is 0 Å². The van der Waals surface area contributed by atoms with Gasteiger partial charge in [-0.25, -0.2) is 4.99 Å². The number of hydrogen-bond donors (Lipinski definition) is 2. The Bertz CT molecular complexity index is 943. The molecule has 5 nitrogen and oxygen atoms in total. The third-order valence-electron chi connectivity index (χ3n) is 4.34. The van der Waals surface area contributed by atoms with Crippen molar-refractivity contribution in [1.29, 1.82) is 0 Å². The monoisotopic (exact) mass is 401 g/mol. The van der Waals surface area contributed by atoms with Gasteiger partial charge in [-0.05, 0) is 61.7 Å². The van der Waals surface area contributed by atoms with Gasteiger partial charge >= 0.3 is 0 Å². The molecule has 3 rings (SSSR count). The number of carbonyl (C=O) groups excluding carboxylic acids is 2. The summed E-state index contributed by atoms with van der Waals surface area (Å²) in [6.07, 6.45) is 0.0639. The van der Waals surface area contributed by atoms with Gasteiger partial charge in [-0.1, -0.05) is 35.5 Å². The number of aliphatic imine (C=N–C) groups is 1. The minimum Gasteiger partial charge on any atom is -0.326 e. The van der Waals surface area contributed by atoms with E-state index in [-0.39, 0.29) is 18.2 Å². The van der Waals surface area contributed by atoms with Crippen LogP contribution in [0.25, 0.3) is 0 Å². The van der Waals surface area contributed by atoms with Gasteiger partial charge in [0.1, 0.15) is 5.25 Å². The average molecular weight is 402 g/mol. The van der Waals surface area contributed by atoms with Crippen LogP contribution in [0.4, 0.5) is 11.4 Å². The van der Waals surface area contributed by atoms with E-state index in [4.69, 9.17) is 11.6 Å². The summed E-state index contributed by atoms with van der Waals surface area (Å²) in [4.78, 5) is 29.0. The summed E-state index contributed by atoms with van der Waals surface area (Å²) in [6.45, 7) is 5.94. The topological polar surface area (TPSA) is 70.6 Å². The number of amidine groups is 1. The molecule has 27 heavy (non-hydrogen) atoms. The van der Waals surface area contributed by atoms with Gasteiger partial charge in [-0.3, -0.25) is 9.59 Å². The van der Waals surface area contributed by atoms with Crippen LogP contribution in [-0.2, 0) is 9.59 Å². The fourth-order valence-corrected chi connectivity index (χ4v) is 3.76. The van der Waals surface area contributed by atoms with Crippen molar-refractivity contribution < 1.29 is 9.59 Å². The smallest absolute Gasteiger partial charge is 0.240 e. The first-order chi connectivity index (χ1) is 12.8. The Morgan fingerprint density at radius 1 is 1.15 bits per heavy atom. The summed E-state index contributed by atoms with van der Waals surface area (Å²) in [5, 5.41) is 6.13. The first-order valence-electron chi connectivity index (χ1n) is 8.51. The molecule has 7 heteroatoms. The molecule has 2 amide bonds. The number of halogens is 1. The van der Waals surface area contributed by atoms with Gasteiger partial charge in [0.05, 0.1) is 5.69 Å². The summed E-state index contributed by atoms with van der Waals surface area (Å²) in [5.74, 6) is -0.444. The molecule has 0 aliphatic carbocycles. The van der Waals surface area contributed by atoms with Crippen LogP contribution in [0.3, 0.4) is 0 Å². The van der Waals surface area contributed by atoms with Gasteiger partial charge in [0.2, 0.25) is 11.8 Å².